The lowest BCUT2D eigenvalue weighted by molar-refractivity contribution is -0.145. The van der Waals surface area contributed by atoms with Crippen molar-refractivity contribution in [3.05, 3.63) is 0 Å². The Balaban J connectivity index is -0.000000238. The summed E-state index contributed by atoms with van der Waals surface area (Å²) in [5.41, 5.74) is 0. The van der Waals surface area contributed by atoms with Crippen molar-refractivity contribution in [3.63, 3.8) is 0 Å². The Hall–Kier alpha value is -0.650. The summed E-state index contributed by atoms with van der Waals surface area (Å²) in [4.78, 5) is 15.2. The van der Waals surface area contributed by atoms with Gasteiger partial charge in [0.2, 0.25) is 0 Å². The highest BCUT2D eigenvalue weighted by Crippen LogP contribution is 1.89. The van der Waals surface area contributed by atoms with E-state index in [-0.39, 0.29) is 5.97 Å². The number of carbonyl (C=O) groups is 1. The summed E-state index contributed by atoms with van der Waals surface area (Å²) >= 11 is 0. The third kappa shape index (κ3) is 36.6. The standard InChI is InChI=1S/C11H24N2O3.3C2H6/c1-12(2)6-5-11(14)16-10-9-15-8-7-13(3)4;3*1-2/h5-10H2,1-4H3;3*1-2H3. The van der Waals surface area contributed by atoms with Gasteiger partial charge in [-0.25, -0.2) is 0 Å². The molecule has 138 valence electrons. The largest absolute Gasteiger partial charge is 0.463 e. The van der Waals surface area contributed by atoms with E-state index in [2.05, 4.69) is 0 Å². The maximum Gasteiger partial charge on any atom is 0.307 e. The molecular formula is C17H42N2O3. The highest BCUT2D eigenvalue weighted by atomic mass is 16.6. The summed E-state index contributed by atoms with van der Waals surface area (Å²) in [6.45, 7) is 15.1. The Bertz CT molecular complexity index is 187. The molecule has 0 radical (unpaired) electrons. The summed E-state index contributed by atoms with van der Waals surface area (Å²) in [6.07, 6.45) is 0.435. The summed E-state index contributed by atoms with van der Waals surface area (Å²) in [5.74, 6) is -0.162. The van der Waals surface area contributed by atoms with Crippen LogP contribution in [0.4, 0.5) is 0 Å². The number of nitrogens with zero attached hydrogens (tertiary/aromatic N) is 2. The van der Waals surface area contributed by atoms with Crippen LogP contribution in [0.25, 0.3) is 0 Å². The van der Waals surface area contributed by atoms with Gasteiger partial charge in [-0.1, -0.05) is 41.5 Å². The van der Waals surface area contributed by atoms with Crippen LogP contribution in [-0.2, 0) is 14.3 Å². The molecule has 0 aliphatic heterocycles. The van der Waals surface area contributed by atoms with Crippen molar-refractivity contribution in [1.29, 1.82) is 0 Å². The summed E-state index contributed by atoms with van der Waals surface area (Å²) < 4.78 is 10.3. The van der Waals surface area contributed by atoms with E-state index in [4.69, 9.17) is 9.47 Å². The molecule has 0 atom stereocenters. The van der Waals surface area contributed by atoms with E-state index < -0.39 is 0 Å². The predicted molar refractivity (Wildman–Crippen MR) is 97.5 cm³/mol. The Morgan fingerprint density at radius 1 is 0.727 bits per heavy atom. The lowest BCUT2D eigenvalue weighted by atomic mass is 10.4. The first-order chi connectivity index (χ1) is 10.5. The minimum absolute atomic E-state index is 0.162. The van der Waals surface area contributed by atoms with E-state index >= 15 is 0 Å². The van der Waals surface area contributed by atoms with Crippen LogP contribution >= 0.6 is 0 Å². The van der Waals surface area contributed by atoms with Crippen molar-refractivity contribution in [2.45, 2.75) is 48.0 Å². The number of hydrogen-bond donors (Lipinski definition) is 0. The Kier molecular flexibility index (Phi) is 38.1. The van der Waals surface area contributed by atoms with Gasteiger partial charge in [0.25, 0.3) is 0 Å². The van der Waals surface area contributed by atoms with Crippen LogP contribution in [0, 0.1) is 0 Å². The van der Waals surface area contributed by atoms with Gasteiger partial charge in [-0.2, -0.15) is 0 Å². The summed E-state index contributed by atoms with van der Waals surface area (Å²) in [6, 6.07) is 0. The number of likely N-dealkylation sites (N-methyl/N-ethyl adjacent to an activating group) is 1. The van der Waals surface area contributed by atoms with Crippen LogP contribution in [0.1, 0.15) is 48.0 Å². The maximum atomic E-state index is 11.2. The van der Waals surface area contributed by atoms with Crippen molar-refractivity contribution in [3.8, 4) is 0 Å². The second kappa shape index (κ2) is 28.5. The second-order valence-corrected chi connectivity index (χ2v) is 4.19. The van der Waals surface area contributed by atoms with E-state index in [0.29, 0.717) is 26.2 Å². The highest BCUT2D eigenvalue weighted by Gasteiger charge is 2.02. The van der Waals surface area contributed by atoms with Gasteiger partial charge in [0.05, 0.1) is 19.6 Å². The molecule has 5 nitrogen and oxygen atoms in total. The average Bonchev–Trinajstić information content (AvgIpc) is 2.54. The molecule has 22 heavy (non-hydrogen) atoms. The molecule has 0 unspecified atom stereocenters. The fourth-order valence-electron chi connectivity index (χ4n) is 0.951. The minimum atomic E-state index is -0.162. The topological polar surface area (TPSA) is 42.0 Å². The third-order valence-corrected chi connectivity index (χ3v) is 1.94. The zero-order valence-corrected chi connectivity index (χ0v) is 16.9. The molecule has 0 saturated carbocycles. The minimum Gasteiger partial charge on any atom is -0.463 e. The SMILES string of the molecule is CC.CC.CC.CN(C)CCOCCOC(=O)CCN(C)C. The van der Waals surface area contributed by atoms with Gasteiger partial charge in [-0.3, -0.25) is 4.79 Å². The number of esters is 1. The Labute approximate surface area is 140 Å². The fraction of sp³-hybridized carbons (Fsp3) is 0.941. The number of rotatable bonds is 9. The van der Waals surface area contributed by atoms with Gasteiger partial charge in [-0.15, -0.1) is 0 Å². The summed E-state index contributed by atoms with van der Waals surface area (Å²) in [5, 5.41) is 0. The molecule has 0 fully saturated rings. The molecule has 0 rings (SSSR count). The van der Waals surface area contributed by atoms with Crippen molar-refractivity contribution < 1.29 is 14.3 Å². The lowest BCUT2D eigenvalue weighted by Gasteiger charge is -2.11. The van der Waals surface area contributed by atoms with Crippen molar-refractivity contribution in [2.75, 3.05) is 61.1 Å². The first kappa shape index (κ1) is 29.4. The molecule has 0 N–H and O–H groups in total. The molecule has 0 saturated heterocycles. The van der Waals surface area contributed by atoms with Gasteiger partial charge in [0, 0.05) is 13.1 Å². The molecule has 5 heteroatoms. The fourth-order valence-corrected chi connectivity index (χ4v) is 0.951. The van der Waals surface area contributed by atoms with Crippen LogP contribution < -0.4 is 0 Å². The van der Waals surface area contributed by atoms with Gasteiger partial charge >= 0.3 is 5.97 Å². The Morgan fingerprint density at radius 3 is 1.59 bits per heavy atom. The lowest BCUT2D eigenvalue weighted by Crippen LogP contribution is -2.21. The first-order valence-corrected chi connectivity index (χ1v) is 8.55. The van der Waals surface area contributed by atoms with Crippen molar-refractivity contribution in [1.82, 2.24) is 9.80 Å². The predicted octanol–water partition coefficient (Wildman–Crippen LogP) is 3.14. The number of ether oxygens (including phenoxy) is 2. The van der Waals surface area contributed by atoms with Crippen LogP contribution in [0.2, 0.25) is 0 Å². The zero-order chi connectivity index (χ0) is 18.4. The van der Waals surface area contributed by atoms with E-state index in [0.717, 1.165) is 13.1 Å². The monoisotopic (exact) mass is 322 g/mol. The quantitative estimate of drug-likeness (QED) is 0.482. The smallest absolute Gasteiger partial charge is 0.307 e. The highest BCUT2D eigenvalue weighted by molar-refractivity contribution is 5.69. The second-order valence-electron chi connectivity index (χ2n) is 4.19. The van der Waals surface area contributed by atoms with Crippen LogP contribution in [-0.4, -0.2) is 76.9 Å². The Morgan fingerprint density at radius 2 is 1.18 bits per heavy atom. The number of hydrogen-bond acceptors (Lipinski definition) is 5. The molecule has 0 amide bonds. The van der Waals surface area contributed by atoms with Crippen molar-refractivity contribution in [2.24, 2.45) is 0 Å². The molecule has 0 aliphatic carbocycles. The molecule has 0 heterocycles. The van der Waals surface area contributed by atoms with Crippen LogP contribution in [0.3, 0.4) is 0 Å². The first-order valence-electron chi connectivity index (χ1n) is 8.55. The van der Waals surface area contributed by atoms with E-state index in [9.17, 15) is 4.79 Å². The van der Waals surface area contributed by atoms with Gasteiger partial charge < -0.3 is 19.3 Å². The van der Waals surface area contributed by atoms with Crippen molar-refractivity contribution >= 4 is 5.97 Å². The van der Waals surface area contributed by atoms with E-state index in [1.807, 2.05) is 79.5 Å². The normalized spacial score (nSPS) is 8.91. The summed E-state index contributed by atoms with van der Waals surface area (Å²) in [7, 11) is 7.84. The number of carbonyl (C=O) groups excluding carboxylic acids is 1. The average molecular weight is 323 g/mol. The molecular weight excluding hydrogens is 280 g/mol. The third-order valence-electron chi connectivity index (χ3n) is 1.94. The van der Waals surface area contributed by atoms with Crippen LogP contribution in [0.15, 0.2) is 0 Å². The molecule has 0 bridgehead atoms. The van der Waals surface area contributed by atoms with Gasteiger partial charge in [-0.05, 0) is 28.2 Å². The molecule has 0 aliphatic rings. The van der Waals surface area contributed by atoms with E-state index in [1.54, 1.807) is 0 Å². The van der Waals surface area contributed by atoms with E-state index in [1.165, 1.54) is 0 Å². The van der Waals surface area contributed by atoms with Crippen LogP contribution in [0.5, 0.6) is 0 Å². The molecule has 0 aromatic heterocycles. The van der Waals surface area contributed by atoms with Gasteiger partial charge in [0.15, 0.2) is 0 Å². The zero-order valence-electron chi connectivity index (χ0n) is 16.9. The molecule has 0 aromatic carbocycles. The molecule has 0 aromatic rings. The maximum absolute atomic E-state index is 11.2. The molecule has 0 spiro atoms. The van der Waals surface area contributed by atoms with Gasteiger partial charge in [0.1, 0.15) is 6.61 Å².